The molecule has 1 amide bonds. The summed E-state index contributed by atoms with van der Waals surface area (Å²) in [4.78, 5) is 18.3. The number of aryl methyl sites for hydroxylation is 2. The molecule has 6 heteroatoms. The maximum atomic E-state index is 12.7. The van der Waals surface area contributed by atoms with Crippen molar-refractivity contribution in [3.05, 3.63) is 38.4 Å². The molecule has 0 atom stereocenters. The molecule has 130 valence electrons. The van der Waals surface area contributed by atoms with Crippen molar-refractivity contribution in [3.63, 3.8) is 0 Å². The number of hydrogen-bond donors (Lipinski definition) is 0. The molecule has 0 saturated carbocycles. The predicted octanol–water partition coefficient (Wildman–Crippen LogP) is 3.39. The van der Waals surface area contributed by atoms with E-state index in [2.05, 4.69) is 10.1 Å². The molecule has 3 heterocycles. The standard InChI is InChI=1S/C18H25N3O2S/c1-5-21(6-2)18(22)16-11-24-17-10-20(8-7-14(16)17)9-15-12(3)19-23-13(15)4/h11H,5-10H2,1-4H3. The summed E-state index contributed by atoms with van der Waals surface area (Å²) in [5, 5.41) is 6.09. The lowest BCUT2D eigenvalue weighted by Crippen LogP contribution is -2.33. The number of carbonyl (C=O) groups excluding carboxylic acids is 1. The third-order valence-electron chi connectivity index (χ3n) is 4.87. The lowest BCUT2D eigenvalue weighted by Gasteiger charge is -2.27. The molecule has 0 unspecified atom stereocenters. The number of hydrogen-bond acceptors (Lipinski definition) is 5. The van der Waals surface area contributed by atoms with E-state index in [0.29, 0.717) is 0 Å². The van der Waals surface area contributed by atoms with Crippen LogP contribution in [0.2, 0.25) is 0 Å². The summed E-state index contributed by atoms with van der Waals surface area (Å²) in [5.74, 6) is 1.08. The van der Waals surface area contributed by atoms with Crippen molar-refractivity contribution >= 4 is 17.2 Å². The van der Waals surface area contributed by atoms with E-state index in [1.54, 1.807) is 11.3 Å². The molecule has 0 fully saturated rings. The second kappa shape index (κ2) is 7.07. The number of amides is 1. The number of fused-ring (bicyclic) bond motifs is 1. The minimum absolute atomic E-state index is 0.177. The van der Waals surface area contributed by atoms with Crippen LogP contribution in [0.5, 0.6) is 0 Å². The average molecular weight is 347 g/mol. The Bertz CT molecular complexity index is 711. The Morgan fingerprint density at radius 1 is 1.38 bits per heavy atom. The predicted molar refractivity (Wildman–Crippen MR) is 95.4 cm³/mol. The normalized spacial score (nSPS) is 14.7. The Kier molecular flexibility index (Phi) is 5.06. The summed E-state index contributed by atoms with van der Waals surface area (Å²) in [6.07, 6.45) is 0.935. The van der Waals surface area contributed by atoms with Crippen molar-refractivity contribution in [2.75, 3.05) is 19.6 Å². The minimum Gasteiger partial charge on any atom is -0.361 e. The zero-order valence-corrected chi connectivity index (χ0v) is 15.7. The zero-order chi connectivity index (χ0) is 17.3. The summed E-state index contributed by atoms with van der Waals surface area (Å²) in [6.45, 7) is 12.3. The van der Waals surface area contributed by atoms with Crippen molar-refractivity contribution in [1.82, 2.24) is 15.0 Å². The molecule has 2 aromatic rings. The Balaban J connectivity index is 1.75. The van der Waals surface area contributed by atoms with Crippen LogP contribution in [-0.4, -0.2) is 40.5 Å². The van der Waals surface area contributed by atoms with Gasteiger partial charge in [0.1, 0.15) is 5.76 Å². The van der Waals surface area contributed by atoms with Gasteiger partial charge in [-0.2, -0.15) is 0 Å². The largest absolute Gasteiger partial charge is 0.361 e. The highest BCUT2D eigenvalue weighted by atomic mass is 32.1. The highest BCUT2D eigenvalue weighted by Crippen LogP contribution is 2.30. The second-order valence-electron chi connectivity index (χ2n) is 6.29. The summed E-state index contributed by atoms with van der Waals surface area (Å²) < 4.78 is 5.27. The number of carbonyl (C=O) groups is 1. The van der Waals surface area contributed by atoms with Crippen LogP contribution in [-0.2, 0) is 19.5 Å². The molecule has 0 aliphatic carbocycles. The summed E-state index contributed by atoms with van der Waals surface area (Å²) in [7, 11) is 0. The first-order valence-electron chi connectivity index (χ1n) is 8.57. The van der Waals surface area contributed by atoms with Crippen molar-refractivity contribution < 1.29 is 9.32 Å². The molecule has 2 aromatic heterocycles. The smallest absolute Gasteiger partial charge is 0.254 e. The maximum Gasteiger partial charge on any atom is 0.254 e. The topological polar surface area (TPSA) is 49.6 Å². The van der Waals surface area contributed by atoms with E-state index in [0.717, 1.165) is 56.2 Å². The van der Waals surface area contributed by atoms with Crippen molar-refractivity contribution in [3.8, 4) is 0 Å². The lowest BCUT2D eigenvalue weighted by molar-refractivity contribution is 0.0771. The molecule has 0 spiro atoms. The molecule has 0 aromatic carbocycles. The molecule has 1 aliphatic heterocycles. The lowest BCUT2D eigenvalue weighted by atomic mass is 10.0. The Morgan fingerprint density at radius 2 is 2.12 bits per heavy atom. The van der Waals surface area contributed by atoms with E-state index >= 15 is 0 Å². The van der Waals surface area contributed by atoms with Crippen LogP contribution < -0.4 is 0 Å². The number of thiophene rings is 1. The van der Waals surface area contributed by atoms with E-state index in [1.807, 2.05) is 38.0 Å². The van der Waals surface area contributed by atoms with Crippen LogP contribution in [0, 0.1) is 13.8 Å². The minimum atomic E-state index is 0.177. The highest BCUT2D eigenvalue weighted by Gasteiger charge is 2.26. The van der Waals surface area contributed by atoms with Gasteiger partial charge in [0.05, 0.1) is 11.3 Å². The maximum absolute atomic E-state index is 12.7. The van der Waals surface area contributed by atoms with Gasteiger partial charge in [-0.05, 0) is 39.7 Å². The SMILES string of the molecule is CCN(CC)C(=O)c1csc2c1CCN(Cc1c(C)noc1C)C2. The second-order valence-corrected chi connectivity index (χ2v) is 7.26. The van der Waals surface area contributed by atoms with Gasteiger partial charge >= 0.3 is 0 Å². The van der Waals surface area contributed by atoms with E-state index in [9.17, 15) is 4.79 Å². The fourth-order valence-electron chi connectivity index (χ4n) is 3.33. The van der Waals surface area contributed by atoms with Gasteiger partial charge in [-0.3, -0.25) is 9.69 Å². The van der Waals surface area contributed by atoms with Crippen molar-refractivity contribution in [2.24, 2.45) is 0 Å². The molecule has 0 N–H and O–H groups in total. The Labute approximate surface area is 147 Å². The van der Waals surface area contributed by atoms with Gasteiger partial charge in [0.25, 0.3) is 5.91 Å². The van der Waals surface area contributed by atoms with Crippen LogP contribution in [0.25, 0.3) is 0 Å². The Hall–Kier alpha value is -1.66. The van der Waals surface area contributed by atoms with E-state index in [-0.39, 0.29) is 5.91 Å². The van der Waals surface area contributed by atoms with Crippen LogP contribution in [0.3, 0.4) is 0 Å². The highest BCUT2D eigenvalue weighted by molar-refractivity contribution is 7.10. The first kappa shape index (κ1) is 17.2. The fraction of sp³-hybridized carbons (Fsp3) is 0.556. The molecular weight excluding hydrogens is 322 g/mol. The number of nitrogens with zero attached hydrogens (tertiary/aromatic N) is 3. The zero-order valence-electron chi connectivity index (χ0n) is 14.9. The number of rotatable bonds is 5. The van der Waals surface area contributed by atoms with Crippen molar-refractivity contribution in [2.45, 2.75) is 47.2 Å². The van der Waals surface area contributed by atoms with Crippen molar-refractivity contribution in [1.29, 1.82) is 0 Å². The molecule has 0 saturated heterocycles. The van der Waals surface area contributed by atoms with Gasteiger partial charge in [0.15, 0.2) is 0 Å². The molecule has 3 rings (SSSR count). The van der Waals surface area contributed by atoms with Gasteiger partial charge in [-0.1, -0.05) is 5.16 Å². The van der Waals surface area contributed by atoms with E-state index in [1.165, 1.54) is 16.0 Å². The third kappa shape index (κ3) is 3.13. The van der Waals surface area contributed by atoms with Gasteiger partial charge in [-0.25, -0.2) is 0 Å². The molecule has 1 aliphatic rings. The van der Waals surface area contributed by atoms with Crippen LogP contribution >= 0.6 is 11.3 Å². The van der Waals surface area contributed by atoms with Gasteiger partial charge in [-0.15, -0.1) is 11.3 Å². The van der Waals surface area contributed by atoms with Gasteiger partial charge in [0.2, 0.25) is 0 Å². The molecule has 0 bridgehead atoms. The summed E-state index contributed by atoms with van der Waals surface area (Å²) in [6, 6.07) is 0. The Morgan fingerprint density at radius 3 is 2.75 bits per heavy atom. The van der Waals surface area contributed by atoms with Gasteiger partial charge < -0.3 is 9.42 Å². The monoisotopic (exact) mass is 347 g/mol. The molecule has 0 radical (unpaired) electrons. The number of aromatic nitrogens is 1. The van der Waals surface area contributed by atoms with Gasteiger partial charge in [0, 0.05) is 48.5 Å². The first-order chi connectivity index (χ1) is 11.5. The average Bonchev–Trinajstić information content (AvgIpc) is 3.14. The van der Waals surface area contributed by atoms with Crippen LogP contribution in [0.15, 0.2) is 9.90 Å². The quantitative estimate of drug-likeness (QED) is 0.832. The molecular formula is C18H25N3O2S. The molecule has 5 nitrogen and oxygen atoms in total. The molecule has 24 heavy (non-hydrogen) atoms. The first-order valence-corrected chi connectivity index (χ1v) is 9.45. The van der Waals surface area contributed by atoms with Crippen LogP contribution in [0.1, 0.15) is 51.7 Å². The summed E-state index contributed by atoms with van der Waals surface area (Å²) in [5.41, 5.74) is 4.33. The van der Waals surface area contributed by atoms with E-state index in [4.69, 9.17) is 4.52 Å². The van der Waals surface area contributed by atoms with Crippen LogP contribution in [0.4, 0.5) is 0 Å². The third-order valence-corrected chi connectivity index (χ3v) is 5.88. The van der Waals surface area contributed by atoms with E-state index < -0.39 is 0 Å². The summed E-state index contributed by atoms with van der Waals surface area (Å²) >= 11 is 1.72. The fourth-order valence-corrected chi connectivity index (χ4v) is 4.44.